The zero-order valence-corrected chi connectivity index (χ0v) is 16.7. The average Bonchev–Trinajstić information content (AvgIpc) is 3.11. The lowest BCUT2D eigenvalue weighted by atomic mass is 10.0. The van der Waals surface area contributed by atoms with Crippen molar-refractivity contribution in [3.05, 3.63) is 53.9 Å². The molecule has 0 atom stereocenters. The number of aromatic amines is 1. The normalized spacial score (nSPS) is 15.8. The van der Waals surface area contributed by atoms with Gasteiger partial charge in [-0.25, -0.2) is 4.98 Å². The third-order valence-electron chi connectivity index (χ3n) is 5.56. The smallest absolute Gasteiger partial charge is 0.248 e. The second-order valence-electron chi connectivity index (χ2n) is 7.43. The van der Waals surface area contributed by atoms with Gasteiger partial charge in [-0.3, -0.25) is 14.6 Å². The molecule has 3 heterocycles. The number of ether oxygens (including phenoxy) is 1. The van der Waals surface area contributed by atoms with Crippen LogP contribution in [-0.2, 0) is 11.3 Å². The van der Waals surface area contributed by atoms with Crippen molar-refractivity contribution in [2.45, 2.75) is 6.54 Å². The van der Waals surface area contributed by atoms with Crippen molar-refractivity contribution in [1.29, 1.82) is 0 Å². The molecule has 152 valence electrons. The molecule has 1 fully saturated rings. The van der Waals surface area contributed by atoms with E-state index in [0.29, 0.717) is 5.56 Å². The first kappa shape index (κ1) is 19.6. The summed E-state index contributed by atoms with van der Waals surface area (Å²) < 4.78 is 5.19. The molecule has 0 unspecified atom stereocenters. The molecule has 1 saturated heterocycles. The van der Waals surface area contributed by atoms with E-state index in [1.54, 1.807) is 25.4 Å². The topological polar surface area (TPSA) is 87.5 Å². The summed E-state index contributed by atoms with van der Waals surface area (Å²) in [7, 11) is 1.75. The number of nitrogens with two attached hydrogens (primary N) is 1. The van der Waals surface area contributed by atoms with E-state index in [1.165, 1.54) is 0 Å². The molecule has 3 N–H and O–H groups in total. The largest absolute Gasteiger partial charge is 0.383 e. The molecule has 7 nitrogen and oxygen atoms in total. The Bertz CT molecular complexity index is 975. The highest BCUT2D eigenvalue weighted by Crippen LogP contribution is 2.32. The molecule has 3 aromatic rings. The van der Waals surface area contributed by atoms with E-state index in [4.69, 9.17) is 10.5 Å². The highest BCUT2D eigenvalue weighted by atomic mass is 16.5. The van der Waals surface area contributed by atoms with Crippen molar-refractivity contribution < 1.29 is 9.53 Å². The number of benzene rings is 1. The Balaban J connectivity index is 1.58. The molecule has 1 aromatic carbocycles. The summed E-state index contributed by atoms with van der Waals surface area (Å²) in [5.74, 6) is -0.413. The lowest BCUT2D eigenvalue weighted by Crippen LogP contribution is -2.46. The molecule has 0 aliphatic carbocycles. The third-order valence-corrected chi connectivity index (χ3v) is 5.56. The number of hydrogen-bond acceptors (Lipinski definition) is 5. The quantitative estimate of drug-likeness (QED) is 0.642. The first-order chi connectivity index (χ1) is 14.2. The van der Waals surface area contributed by atoms with E-state index in [1.807, 2.05) is 18.2 Å². The number of rotatable bonds is 7. The number of carbonyl (C=O) groups excluding carboxylic acids is 1. The Labute approximate surface area is 170 Å². The number of hydrogen-bond donors (Lipinski definition) is 2. The van der Waals surface area contributed by atoms with Crippen LogP contribution in [0, 0.1) is 0 Å². The molecule has 29 heavy (non-hydrogen) atoms. The predicted octanol–water partition coefficient (Wildman–Crippen LogP) is 2.09. The molecule has 0 bridgehead atoms. The van der Waals surface area contributed by atoms with Crippen LogP contribution in [0.5, 0.6) is 0 Å². The number of piperazine rings is 1. The molecule has 7 heteroatoms. The molecule has 2 aromatic heterocycles. The number of fused-ring (bicyclic) bond motifs is 1. The van der Waals surface area contributed by atoms with Gasteiger partial charge in [0.2, 0.25) is 5.91 Å². The fourth-order valence-electron chi connectivity index (χ4n) is 3.94. The summed E-state index contributed by atoms with van der Waals surface area (Å²) in [4.78, 5) is 24.3. The highest BCUT2D eigenvalue weighted by molar-refractivity contribution is 5.97. The number of carbonyl (C=O) groups is 1. The summed E-state index contributed by atoms with van der Waals surface area (Å²) in [6.07, 6.45) is 1.80. The second kappa shape index (κ2) is 8.73. The van der Waals surface area contributed by atoms with Gasteiger partial charge in [0.05, 0.1) is 6.61 Å². The minimum atomic E-state index is -0.413. The minimum Gasteiger partial charge on any atom is -0.383 e. The molecule has 4 rings (SSSR count). The number of aromatic nitrogens is 2. The molecule has 1 amide bonds. The molecule has 0 radical (unpaired) electrons. The maximum absolute atomic E-state index is 11.4. The Hall–Kier alpha value is -2.74. The van der Waals surface area contributed by atoms with E-state index < -0.39 is 5.91 Å². The summed E-state index contributed by atoms with van der Waals surface area (Å²) in [6, 6.07) is 11.5. The van der Waals surface area contributed by atoms with E-state index in [9.17, 15) is 4.79 Å². The lowest BCUT2D eigenvalue weighted by Gasteiger charge is -2.34. The first-order valence-corrected chi connectivity index (χ1v) is 9.95. The SMILES string of the molecule is COCCN1CCN(Cc2[nH]c3ncccc3c2-c2ccc(C(N)=O)cc2)CC1. The monoisotopic (exact) mass is 393 g/mol. The number of pyridine rings is 1. The molecular formula is C22H27N5O2. The summed E-state index contributed by atoms with van der Waals surface area (Å²) in [6.45, 7) is 6.73. The van der Waals surface area contributed by atoms with Crippen LogP contribution >= 0.6 is 0 Å². The van der Waals surface area contributed by atoms with E-state index in [0.717, 1.165) is 73.7 Å². The standard InChI is InChI=1S/C22H27N5O2/c1-29-14-13-26-9-11-27(12-10-26)15-19-20(18-3-2-8-24-22(18)25-19)16-4-6-17(7-5-16)21(23)28/h2-8H,9-15H2,1H3,(H2,23,28)(H,24,25). The van der Waals surface area contributed by atoms with Gasteiger partial charge < -0.3 is 15.5 Å². The zero-order chi connectivity index (χ0) is 20.2. The molecule has 1 aliphatic rings. The minimum absolute atomic E-state index is 0.413. The van der Waals surface area contributed by atoms with Crippen LogP contribution in [0.2, 0.25) is 0 Å². The maximum Gasteiger partial charge on any atom is 0.248 e. The van der Waals surface area contributed by atoms with E-state index >= 15 is 0 Å². The van der Waals surface area contributed by atoms with Crippen LogP contribution in [0.15, 0.2) is 42.6 Å². The van der Waals surface area contributed by atoms with Gasteiger partial charge >= 0.3 is 0 Å². The van der Waals surface area contributed by atoms with Gasteiger partial charge in [-0.15, -0.1) is 0 Å². The number of primary amides is 1. The van der Waals surface area contributed by atoms with Crippen LogP contribution in [0.1, 0.15) is 16.1 Å². The number of amides is 1. The van der Waals surface area contributed by atoms with Crippen molar-refractivity contribution in [2.24, 2.45) is 5.73 Å². The van der Waals surface area contributed by atoms with Gasteiger partial charge in [0.25, 0.3) is 0 Å². The molecule has 0 saturated carbocycles. The van der Waals surface area contributed by atoms with E-state index in [2.05, 4.69) is 25.8 Å². The van der Waals surface area contributed by atoms with E-state index in [-0.39, 0.29) is 0 Å². The Morgan fingerprint density at radius 1 is 1.14 bits per heavy atom. The van der Waals surface area contributed by atoms with Crippen molar-refractivity contribution in [2.75, 3.05) is 46.4 Å². The molecule has 0 spiro atoms. The summed E-state index contributed by atoms with van der Waals surface area (Å²) >= 11 is 0. The first-order valence-electron chi connectivity index (χ1n) is 9.95. The Morgan fingerprint density at radius 3 is 2.55 bits per heavy atom. The maximum atomic E-state index is 11.4. The number of nitrogens with zero attached hydrogens (tertiary/aromatic N) is 3. The predicted molar refractivity (Wildman–Crippen MR) is 114 cm³/mol. The fraction of sp³-hybridized carbons (Fsp3) is 0.364. The summed E-state index contributed by atoms with van der Waals surface area (Å²) in [5, 5.41) is 1.09. The van der Waals surface area contributed by atoms with Crippen LogP contribution in [-0.4, -0.2) is 72.1 Å². The Kier molecular flexibility index (Phi) is 5.89. The third kappa shape index (κ3) is 4.32. The molecular weight excluding hydrogens is 366 g/mol. The van der Waals surface area contributed by atoms with Gasteiger partial charge in [0.1, 0.15) is 5.65 Å². The van der Waals surface area contributed by atoms with Crippen LogP contribution < -0.4 is 5.73 Å². The lowest BCUT2D eigenvalue weighted by molar-refractivity contribution is 0.0934. The number of H-pyrrole nitrogens is 1. The van der Waals surface area contributed by atoms with Crippen molar-refractivity contribution in [3.8, 4) is 11.1 Å². The van der Waals surface area contributed by atoms with Gasteiger partial charge in [-0.1, -0.05) is 12.1 Å². The summed E-state index contributed by atoms with van der Waals surface area (Å²) in [5.41, 5.74) is 10.1. The number of nitrogens with one attached hydrogen (secondary N) is 1. The van der Waals surface area contributed by atoms with Crippen molar-refractivity contribution in [1.82, 2.24) is 19.8 Å². The zero-order valence-electron chi connectivity index (χ0n) is 16.7. The fourth-order valence-corrected chi connectivity index (χ4v) is 3.94. The number of methoxy groups -OCH3 is 1. The second-order valence-corrected chi connectivity index (χ2v) is 7.43. The van der Waals surface area contributed by atoms with Gasteiger partial charge in [-0.2, -0.15) is 0 Å². The van der Waals surface area contributed by atoms with Gasteiger partial charge in [0, 0.05) is 74.8 Å². The highest BCUT2D eigenvalue weighted by Gasteiger charge is 2.20. The molecule has 1 aliphatic heterocycles. The van der Waals surface area contributed by atoms with Gasteiger partial charge in [0.15, 0.2) is 0 Å². The van der Waals surface area contributed by atoms with Crippen LogP contribution in [0.25, 0.3) is 22.2 Å². The van der Waals surface area contributed by atoms with Crippen molar-refractivity contribution in [3.63, 3.8) is 0 Å². The average molecular weight is 393 g/mol. The van der Waals surface area contributed by atoms with Crippen molar-refractivity contribution >= 4 is 16.9 Å². The van der Waals surface area contributed by atoms with Gasteiger partial charge in [-0.05, 0) is 29.8 Å². The van der Waals surface area contributed by atoms with Crippen LogP contribution in [0.4, 0.5) is 0 Å². The Morgan fingerprint density at radius 2 is 1.86 bits per heavy atom. The van der Waals surface area contributed by atoms with Crippen LogP contribution in [0.3, 0.4) is 0 Å².